The molecule has 7 heteroatoms. The Labute approximate surface area is 140 Å². The number of aryl methyl sites for hydroxylation is 1. The molecule has 2 aromatic heterocycles. The van der Waals surface area contributed by atoms with Gasteiger partial charge in [-0.2, -0.15) is 0 Å². The lowest BCUT2D eigenvalue weighted by Crippen LogP contribution is -2.41. The summed E-state index contributed by atoms with van der Waals surface area (Å²) < 4.78 is 13.2. The molecule has 24 heavy (non-hydrogen) atoms. The molecule has 1 aliphatic heterocycles. The van der Waals surface area contributed by atoms with Crippen molar-refractivity contribution < 1.29 is 13.9 Å². The molecule has 0 saturated heterocycles. The third-order valence-electron chi connectivity index (χ3n) is 4.88. The van der Waals surface area contributed by atoms with Crippen LogP contribution in [-0.2, 0) is 17.9 Å². The number of rotatable bonds is 5. The quantitative estimate of drug-likeness (QED) is 0.841. The predicted octanol–water partition coefficient (Wildman–Crippen LogP) is 2.32. The molecule has 3 heterocycles. The second-order valence-corrected chi connectivity index (χ2v) is 6.66. The third-order valence-corrected chi connectivity index (χ3v) is 4.88. The van der Waals surface area contributed by atoms with E-state index >= 15 is 0 Å². The van der Waals surface area contributed by atoms with Gasteiger partial charge in [-0.05, 0) is 32.6 Å². The molecule has 1 fully saturated rings. The maximum Gasteiger partial charge on any atom is 0.292 e. The number of nitrogens with zero attached hydrogens (tertiary/aromatic N) is 4. The Morgan fingerprint density at radius 1 is 1.38 bits per heavy atom. The molecule has 0 bridgehead atoms. The van der Waals surface area contributed by atoms with Gasteiger partial charge in [-0.1, -0.05) is 0 Å². The topological polar surface area (TPSA) is 73.4 Å². The summed E-state index contributed by atoms with van der Waals surface area (Å²) in [4.78, 5) is 23.0. The highest BCUT2D eigenvalue weighted by Gasteiger charge is 2.33. The van der Waals surface area contributed by atoms with Crippen LogP contribution in [0, 0.1) is 12.8 Å². The Kier molecular flexibility index (Phi) is 3.88. The van der Waals surface area contributed by atoms with Crippen LogP contribution in [0.3, 0.4) is 0 Å². The van der Waals surface area contributed by atoms with Gasteiger partial charge in [0, 0.05) is 19.7 Å². The molecule has 2 aliphatic rings. The molecule has 0 aromatic carbocycles. The van der Waals surface area contributed by atoms with Crippen molar-refractivity contribution in [3.63, 3.8) is 0 Å². The van der Waals surface area contributed by atoms with Crippen molar-refractivity contribution in [3.05, 3.63) is 35.6 Å². The summed E-state index contributed by atoms with van der Waals surface area (Å²) in [5, 5.41) is 0. The summed E-state index contributed by atoms with van der Waals surface area (Å²) in [7, 11) is 0. The van der Waals surface area contributed by atoms with Crippen LogP contribution in [0.15, 0.2) is 17.0 Å². The molecular formula is C17H22N4O3. The lowest BCUT2D eigenvalue weighted by atomic mass is 10.2. The van der Waals surface area contributed by atoms with E-state index in [0.29, 0.717) is 24.6 Å². The van der Waals surface area contributed by atoms with Crippen molar-refractivity contribution in [1.82, 2.24) is 19.4 Å². The Morgan fingerprint density at radius 3 is 2.92 bits per heavy atom. The van der Waals surface area contributed by atoms with E-state index < -0.39 is 0 Å². The van der Waals surface area contributed by atoms with Crippen LogP contribution in [-0.4, -0.2) is 38.5 Å². The number of aromatic nitrogens is 3. The standard InChI is InChI=1S/C17H22N4O3/c1-11-15(24-10-19-11)17(22)20-5-6-21-14(7-18-16(21)12(20)2)9-23-8-13-3-4-13/h7,10,12-13H,3-6,8-9H2,1-2H3/t12-/m1/s1. The second-order valence-electron chi connectivity index (χ2n) is 6.66. The number of hydrogen-bond acceptors (Lipinski definition) is 5. The van der Waals surface area contributed by atoms with Crippen LogP contribution in [0.2, 0.25) is 0 Å². The Morgan fingerprint density at radius 2 is 2.21 bits per heavy atom. The number of imidazole rings is 1. The summed E-state index contributed by atoms with van der Waals surface area (Å²) >= 11 is 0. The van der Waals surface area contributed by atoms with Gasteiger partial charge in [-0.3, -0.25) is 4.79 Å². The van der Waals surface area contributed by atoms with E-state index in [1.807, 2.05) is 13.1 Å². The molecule has 2 aromatic rings. The zero-order chi connectivity index (χ0) is 16.7. The highest BCUT2D eigenvalue weighted by atomic mass is 16.5. The lowest BCUT2D eigenvalue weighted by molar-refractivity contribution is 0.0593. The zero-order valence-electron chi connectivity index (χ0n) is 14.1. The van der Waals surface area contributed by atoms with Gasteiger partial charge in [0.15, 0.2) is 6.39 Å². The predicted molar refractivity (Wildman–Crippen MR) is 85.3 cm³/mol. The number of fused-ring (bicyclic) bond motifs is 1. The Balaban J connectivity index is 1.48. The minimum absolute atomic E-state index is 0.104. The van der Waals surface area contributed by atoms with E-state index in [1.54, 1.807) is 11.8 Å². The Bertz CT molecular complexity index is 747. The van der Waals surface area contributed by atoms with Gasteiger partial charge in [-0.15, -0.1) is 0 Å². The van der Waals surface area contributed by atoms with Gasteiger partial charge in [0.1, 0.15) is 5.82 Å². The smallest absolute Gasteiger partial charge is 0.292 e. The minimum Gasteiger partial charge on any atom is -0.438 e. The van der Waals surface area contributed by atoms with Crippen LogP contribution in [0.5, 0.6) is 0 Å². The fourth-order valence-corrected chi connectivity index (χ4v) is 3.20. The van der Waals surface area contributed by atoms with Crippen LogP contribution < -0.4 is 0 Å². The van der Waals surface area contributed by atoms with Gasteiger partial charge in [-0.25, -0.2) is 9.97 Å². The van der Waals surface area contributed by atoms with Crippen LogP contribution in [0.4, 0.5) is 0 Å². The first-order valence-electron chi connectivity index (χ1n) is 8.48. The number of oxazole rings is 1. The average molecular weight is 330 g/mol. The minimum atomic E-state index is -0.127. The third kappa shape index (κ3) is 2.73. The van der Waals surface area contributed by atoms with Gasteiger partial charge in [0.25, 0.3) is 5.91 Å². The van der Waals surface area contributed by atoms with Crippen molar-refractivity contribution in [2.75, 3.05) is 13.2 Å². The summed E-state index contributed by atoms with van der Waals surface area (Å²) in [5.74, 6) is 1.84. The first-order valence-corrected chi connectivity index (χ1v) is 8.48. The molecule has 128 valence electrons. The summed E-state index contributed by atoms with van der Waals surface area (Å²) in [6.45, 7) is 6.55. The van der Waals surface area contributed by atoms with Crippen molar-refractivity contribution in [1.29, 1.82) is 0 Å². The van der Waals surface area contributed by atoms with E-state index in [1.165, 1.54) is 19.2 Å². The Hall–Kier alpha value is -2.15. The molecule has 1 saturated carbocycles. The van der Waals surface area contributed by atoms with Crippen LogP contribution in [0.25, 0.3) is 0 Å². The van der Waals surface area contributed by atoms with E-state index in [-0.39, 0.29) is 11.9 Å². The molecule has 1 atom stereocenters. The number of amides is 1. The average Bonchev–Trinajstić information content (AvgIpc) is 3.14. The first kappa shape index (κ1) is 15.4. The van der Waals surface area contributed by atoms with E-state index in [0.717, 1.165) is 30.6 Å². The molecule has 7 nitrogen and oxygen atoms in total. The first-order chi connectivity index (χ1) is 11.6. The lowest BCUT2D eigenvalue weighted by Gasteiger charge is -2.34. The number of carbonyl (C=O) groups excluding carboxylic acids is 1. The molecule has 0 unspecified atom stereocenters. The number of ether oxygens (including phenoxy) is 1. The maximum absolute atomic E-state index is 12.7. The van der Waals surface area contributed by atoms with Gasteiger partial charge >= 0.3 is 0 Å². The van der Waals surface area contributed by atoms with Crippen molar-refractivity contribution in [3.8, 4) is 0 Å². The van der Waals surface area contributed by atoms with Gasteiger partial charge < -0.3 is 18.6 Å². The van der Waals surface area contributed by atoms with E-state index in [4.69, 9.17) is 9.15 Å². The monoisotopic (exact) mass is 330 g/mol. The molecule has 0 spiro atoms. The normalized spacial score (nSPS) is 20.2. The highest BCUT2D eigenvalue weighted by Crippen LogP contribution is 2.30. The van der Waals surface area contributed by atoms with E-state index in [2.05, 4.69) is 14.5 Å². The molecule has 0 radical (unpaired) electrons. The molecule has 1 aliphatic carbocycles. The van der Waals surface area contributed by atoms with Crippen molar-refractivity contribution >= 4 is 5.91 Å². The van der Waals surface area contributed by atoms with Crippen LogP contribution in [0.1, 0.15) is 53.6 Å². The zero-order valence-corrected chi connectivity index (χ0v) is 14.1. The van der Waals surface area contributed by atoms with Crippen molar-refractivity contribution in [2.24, 2.45) is 5.92 Å². The SMILES string of the molecule is Cc1ncoc1C(=O)N1CCn2c(COCC3CC3)cnc2[C@H]1C. The highest BCUT2D eigenvalue weighted by molar-refractivity contribution is 5.92. The molecule has 0 N–H and O–H groups in total. The fraction of sp³-hybridized carbons (Fsp3) is 0.588. The summed E-state index contributed by atoms with van der Waals surface area (Å²) in [6.07, 6.45) is 5.76. The largest absolute Gasteiger partial charge is 0.438 e. The number of hydrogen-bond donors (Lipinski definition) is 0. The number of carbonyl (C=O) groups is 1. The summed E-state index contributed by atoms with van der Waals surface area (Å²) in [5.41, 5.74) is 1.70. The van der Waals surface area contributed by atoms with E-state index in [9.17, 15) is 4.79 Å². The molecule has 4 rings (SSSR count). The van der Waals surface area contributed by atoms with Crippen molar-refractivity contribution in [2.45, 2.75) is 45.9 Å². The summed E-state index contributed by atoms with van der Waals surface area (Å²) in [6, 6.07) is -0.104. The van der Waals surface area contributed by atoms with Gasteiger partial charge in [0.05, 0.1) is 30.2 Å². The fourth-order valence-electron chi connectivity index (χ4n) is 3.20. The molecular weight excluding hydrogens is 308 g/mol. The van der Waals surface area contributed by atoms with Crippen LogP contribution >= 0.6 is 0 Å². The maximum atomic E-state index is 12.7. The molecule has 1 amide bonds. The second kappa shape index (κ2) is 6.05. The van der Waals surface area contributed by atoms with Gasteiger partial charge in [0.2, 0.25) is 5.76 Å².